The van der Waals surface area contributed by atoms with Crippen LogP contribution in [0, 0.1) is 6.92 Å². The summed E-state index contributed by atoms with van der Waals surface area (Å²) in [5.41, 5.74) is 6.67. The smallest absolute Gasteiger partial charge is 0.273 e. The summed E-state index contributed by atoms with van der Waals surface area (Å²) in [5, 5.41) is 0. The van der Waals surface area contributed by atoms with Crippen LogP contribution in [-0.2, 0) is 0 Å². The van der Waals surface area contributed by atoms with Crippen molar-refractivity contribution in [3.05, 3.63) is 63.6 Å². The van der Waals surface area contributed by atoms with E-state index in [1.807, 2.05) is 19.9 Å². The van der Waals surface area contributed by atoms with Gasteiger partial charge in [0.2, 0.25) is 0 Å². The van der Waals surface area contributed by atoms with Crippen molar-refractivity contribution in [1.29, 1.82) is 0 Å². The van der Waals surface area contributed by atoms with Crippen LogP contribution < -0.4 is 15.6 Å². The molecule has 2 rings (SSSR count). The lowest BCUT2D eigenvalue weighted by atomic mass is 10.1. The van der Waals surface area contributed by atoms with Gasteiger partial charge in [0.25, 0.3) is 11.8 Å². The molecule has 0 saturated heterocycles. The standard InChI is InChI=1S/C18H19BrN2O3/c1-3-10-24-16-7-5-4-6-14(16)18(23)21-20-17(22)13-9-8-12(2)15(19)11-13/h4-9,11H,3,10H2,1-2H3,(H,20,22)(H,21,23). The van der Waals surface area contributed by atoms with Gasteiger partial charge in [-0.3, -0.25) is 20.4 Å². The molecule has 0 aliphatic rings. The molecule has 2 aromatic carbocycles. The number of hydrogen-bond acceptors (Lipinski definition) is 3. The Hall–Kier alpha value is -2.34. The summed E-state index contributed by atoms with van der Waals surface area (Å²) in [6, 6.07) is 12.1. The van der Waals surface area contributed by atoms with Crippen LogP contribution in [0.3, 0.4) is 0 Å². The van der Waals surface area contributed by atoms with Crippen LogP contribution in [0.4, 0.5) is 0 Å². The highest BCUT2D eigenvalue weighted by atomic mass is 79.9. The van der Waals surface area contributed by atoms with Gasteiger partial charge in [-0.05, 0) is 43.2 Å². The van der Waals surface area contributed by atoms with E-state index in [1.54, 1.807) is 36.4 Å². The number of rotatable bonds is 5. The zero-order valence-electron chi connectivity index (χ0n) is 13.6. The van der Waals surface area contributed by atoms with E-state index in [1.165, 1.54) is 0 Å². The van der Waals surface area contributed by atoms with Gasteiger partial charge >= 0.3 is 0 Å². The number of ether oxygens (including phenoxy) is 1. The van der Waals surface area contributed by atoms with Crippen LogP contribution in [0.5, 0.6) is 5.75 Å². The Morgan fingerprint density at radius 2 is 1.79 bits per heavy atom. The van der Waals surface area contributed by atoms with E-state index >= 15 is 0 Å². The first-order valence-corrected chi connectivity index (χ1v) is 8.41. The van der Waals surface area contributed by atoms with Crippen LogP contribution in [0.25, 0.3) is 0 Å². The zero-order chi connectivity index (χ0) is 17.5. The predicted molar refractivity (Wildman–Crippen MR) is 96.0 cm³/mol. The molecule has 2 aromatic rings. The Bertz CT molecular complexity index is 747. The summed E-state index contributed by atoms with van der Waals surface area (Å²) < 4.78 is 6.38. The summed E-state index contributed by atoms with van der Waals surface area (Å²) in [4.78, 5) is 24.4. The average molecular weight is 391 g/mol. The summed E-state index contributed by atoms with van der Waals surface area (Å²) in [6.45, 7) is 4.44. The van der Waals surface area contributed by atoms with Crippen LogP contribution >= 0.6 is 15.9 Å². The van der Waals surface area contributed by atoms with E-state index in [0.717, 1.165) is 16.5 Å². The maximum atomic E-state index is 12.3. The Morgan fingerprint density at radius 1 is 1.08 bits per heavy atom. The van der Waals surface area contributed by atoms with Crippen molar-refractivity contribution in [2.75, 3.05) is 6.61 Å². The van der Waals surface area contributed by atoms with Crippen LogP contribution in [-0.4, -0.2) is 18.4 Å². The van der Waals surface area contributed by atoms with Gasteiger partial charge in [0.1, 0.15) is 5.75 Å². The van der Waals surface area contributed by atoms with E-state index in [2.05, 4.69) is 26.8 Å². The fourth-order valence-corrected chi connectivity index (χ4v) is 2.36. The lowest BCUT2D eigenvalue weighted by Gasteiger charge is -2.12. The lowest BCUT2D eigenvalue weighted by Crippen LogP contribution is -2.41. The molecular weight excluding hydrogens is 372 g/mol. The molecule has 0 radical (unpaired) electrons. The maximum Gasteiger partial charge on any atom is 0.273 e. The monoisotopic (exact) mass is 390 g/mol. The van der Waals surface area contributed by atoms with E-state index in [9.17, 15) is 9.59 Å². The third kappa shape index (κ3) is 4.58. The van der Waals surface area contributed by atoms with E-state index in [4.69, 9.17) is 4.74 Å². The van der Waals surface area contributed by atoms with Crippen LogP contribution in [0.2, 0.25) is 0 Å². The van der Waals surface area contributed by atoms with Gasteiger partial charge in [-0.1, -0.05) is 41.1 Å². The molecule has 126 valence electrons. The quantitative estimate of drug-likeness (QED) is 0.766. The molecular formula is C18H19BrN2O3. The Morgan fingerprint density at radius 3 is 2.50 bits per heavy atom. The molecule has 0 aliphatic heterocycles. The van der Waals surface area contributed by atoms with Gasteiger partial charge in [0.05, 0.1) is 12.2 Å². The normalized spacial score (nSPS) is 10.1. The molecule has 5 nitrogen and oxygen atoms in total. The van der Waals surface area contributed by atoms with Gasteiger partial charge < -0.3 is 4.74 Å². The van der Waals surface area contributed by atoms with E-state index in [0.29, 0.717) is 23.5 Å². The zero-order valence-corrected chi connectivity index (χ0v) is 15.1. The largest absolute Gasteiger partial charge is 0.493 e. The highest BCUT2D eigenvalue weighted by Crippen LogP contribution is 2.18. The number of aryl methyl sites for hydroxylation is 1. The predicted octanol–water partition coefficient (Wildman–Crippen LogP) is 3.62. The molecule has 0 heterocycles. The molecule has 0 aromatic heterocycles. The van der Waals surface area contributed by atoms with Gasteiger partial charge in [-0.15, -0.1) is 0 Å². The van der Waals surface area contributed by atoms with E-state index in [-0.39, 0.29) is 0 Å². The number of hydrogen-bond donors (Lipinski definition) is 2. The average Bonchev–Trinajstić information content (AvgIpc) is 2.60. The molecule has 2 amide bonds. The van der Waals surface area contributed by atoms with Crippen molar-refractivity contribution in [1.82, 2.24) is 10.9 Å². The molecule has 0 spiro atoms. The molecule has 2 N–H and O–H groups in total. The molecule has 0 aliphatic carbocycles. The minimum Gasteiger partial charge on any atom is -0.493 e. The molecule has 0 saturated carbocycles. The summed E-state index contributed by atoms with van der Waals surface area (Å²) in [5.74, 6) is -0.332. The number of carbonyl (C=O) groups excluding carboxylic acids is 2. The van der Waals surface area contributed by atoms with Crippen molar-refractivity contribution in [2.24, 2.45) is 0 Å². The maximum absolute atomic E-state index is 12.3. The summed E-state index contributed by atoms with van der Waals surface area (Å²) in [7, 11) is 0. The van der Waals surface area contributed by atoms with Crippen molar-refractivity contribution in [2.45, 2.75) is 20.3 Å². The van der Waals surface area contributed by atoms with Crippen molar-refractivity contribution in [3.8, 4) is 5.75 Å². The first-order chi connectivity index (χ1) is 11.5. The third-order valence-corrected chi connectivity index (χ3v) is 4.17. The second-order valence-corrected chi connectivity index (χ2v) is 6.07. The first-order valence-electron chi connectivity index (χ1n) is 7.61. The SMILES string of the molecule is CCCOc1ccccc1C(=O)NNC(=O)c1ccc(C)c(Br)c1. The third-order valence-electron chi connectivity index (χ3n) is 3.32. The summed E-state index contributed by atoms with van der Waals surface area (Å²) in [6.07, 6.45) is 0.842. The van der Waals surface area contributed by atoms with Gasteiger partial charge in [-0.2, -0.15) is 0 Å². The van der Waals surface area contributed by atoms with E-state index < -0.39 is 11.8 Å². The molecule has 0 bridgehead atoms. The fraction of sp³-hybridized carbons (Fsp3) is 0.222. The first kappa shape index (κ1) is 18.0. The second-order valence-electron chi connectivity index (χ2n) is 5.22. The number of nitrogens with one attached hydrogen (secondary N) is 2. The second kappa shape index (κ2) is 8.49. The Labute approximate surface area is 149 Å². The van der Waals surface area contributed by atoms with Crippen LogP contribution in [0.1, 0.15) is 39.6 Å². The molecule has 24 heavy (non-hydrogen) atoms. The minimum absolute atomic E-state index is 0.372. The number of benzene rings is 2. The van der Waals surface area contributed by atoms with Crippen molar-refractivity contribution >= 4 is 27.7 Å². The highest BCUT2D eigenvalue weighted by molar-refractivity contribution is 9.10. The van der Waals surface area contributed by atoms with Crippen molar-refractivity contribution < 1.29 is 14.3 Å². The van der Waals surface area contributed by atoms with Crippen LogP contribution in [0.15, 0.2) is 46.9 Å². The number of hydrazine groups is 1. The molecule has 0 atom stereocenters. The molecule has 6 heteroatoms. The minimum atomic E-state index is -0.429. The summed E-state index contributed by atoms with van der Waals surface area (Å²) >= 11 is 3.38. The fourth-order valence-electron chi connectivity index (χ4n) is 1.98. The Kier molecular flexibility index (Phi) is 6.37. The topological polar surface area (TPSA) is 67.4 Å². The molecule has 0 unspecified atom stereocenters. The number of halogens is 1. The molecule has 0 fully saturated rings. The van der Waals surface area contributed by atoms with Gasteiger partial charge in [-0.25, -0.2) is 0 Å². The Balaban J connectivity index is 2.02. The van der Waals surface area contributed by atoms with Crippen molar-refractivity contribution in [3.63, 3.8) is 0 Å². The number of para-hydroxylation sites is 1. The number of amides is 2. The number of carbonyl (C=O) groups is 2. The van der Waals surface area contributed by atoms with Gasteiger partial charge in [0, 0.05) is 10.0 Å². The highest BCUT2D eigenvalue weighted by Gasteiger charge is 2.14. The van der Waals surface area contributed by atoms with Gasteiger partial charge in [0.15, 0.2) is 0 Å². The lowest BCUT2D eigenvalue weighted by molar-refractivity contribution is 0.0844.